The van der Waals surface area contributed by atoms with Crippen LogP contribution in [0, 0.1) is 11.3 Å². The van der Waals surface area contributed by atoms with Crippen LogP contribution in [0.4, 0.5) is 18.9 Å². The maximum atomic E-state index is 13.4. The number of carbonyl (C=O) groups excluding carboxylic acids is 2. The minimum Gasteiger partial charge on any atom is -0.497 e. The van der Waals surface area contributed by atoms with Gasteiger partial charge in [0.2, 0.25) is 11.8 Å². The van der Waals surface area contributed by atoms with Crippen LogP contribution in [0.5, 0.6) is 5.75 Å². The predicted octanol–water partition coefficient (Wildman–Crippen LogP) is 2.59. The van der Waals surface area contributed by atoms with Gasteiger partial charge in [0.15, 0.2) is 0 Å². The van der Waals surface area contributed by atoms with Crippen molar-refractivity contribution in [1.82, 2.24) is 10.2 Å². The van der Waals surface area contributed by atoms with Crippen molar-refractivity contribution in [2.75, 3.05) is 38.7 Å². The monoisotopic (exact) mass is 460 g/mol. The van der Waals surface area contributed by atoms with Gasteiger partial charge in [0.1, 0.15) is 11.8 Å². The van der Waals surface area contributed by atoms with E-state index in [0.29, 0.717) is 5.75 Å². The van der Waals surface area contributed by atoms with Gasteiger partial charge in [-0.2, -0.15) is 18.4 Å². The number of rotatable bonds is 5. The van der Waals surface area contributed by atoms with Crippen molar-refractivity contribution < 1.29 is 27.5 Å². The summed E-state index contributed by atoms with van der Waals surface area (Å²) in [6.45, 7) is 0.409. The highest BCUT2D eigenvalue weighted by Gasteiger charge is 2.37. The second-order valence-electron chi connectivity index (χ2n) is 7.53. The van der Waals surface area contributed by atoms with E-state index in [1.807, 2.05) is 0 Å². The second kappa shape index (κ2) is 9.81. The van der Waals surface area contributed by atoms with Gasteiger partial charge >= 0.3 is 6.18 Å². The largest absolute Gasteiger partial charge is 0.497 e. The first-order valence-electron chi connectivity index (χ1n) is 10.2. The molecule has 1 unspecified atom stereocenters. The van der Waals surface area contributed by atoms with E-state index in [1.54, 1.807) is 30.3 Å². The number of nitriles is 1. The Morgan fingerprint density at radius 1 is 1.21 bits per heavy atom. The number of amides is 2. The molecular formula is C23H23F3N4O3. The third-order valence-corrected chi connectivity index (χ3v) is 5.53. The van der Waals surface area contributed by atoms with Crippen LogP contribution in [0.2, 0.25) is 0 Å². The Bertz CT molecular complexity index is 1080. The Morgan fingerprint density at radius 3 is 2.61 bits per heavy atom. The van der Waals surface area contributed by atoms with Gasteiger partial charge in [-0.1, -0.05) is 12.1 Å². The van der Waals surface area contributed by atoms with E-state index >= 15 is 0 Å². The smallest absolute Gasteiger partial charge is 0.417 e. The lowest BCUT2D eigenvalue weighted by molar-refractivity contribution is -0.137. The van der Waals surface area contributed by atoms with Gasteiger partial charge in [-0.3, -0.25) is 9.59 Å². The Labute approximate surface area is 189 Å². The zero-order valence-corrected chi connectivity index (χ0v) is 18.1. The molecule has 0 spiro atoms. The van der Waals surface area contributed by atoms with E-state index in [4.69, 9.17) is 10.00 Å². The van der Waals surface area contributed by atoms with Crippen LogP contribution in [-0.2, 0) is 22.2 Å². The molecule has 0 aliphatic carbocycles. The summed E-state index contributed by atoms with van der Waals surface area (Å²) >= 11 is 0. The number of hydrogen-bond donors (Lipinski definition) is 1. The molecule has 1 aliphatic heterocycles. The summed E-state index contributed by atoms with van der Waals surface area (Å²) in [5.74, 6) is -0.00550. The molecule has 33 heavy (non-hydrogen) atoms. The van der Waals surface area contributed by atoms with Crippen LogP contribution in [0.1, 0.15) is 16.7 Å². The van der Waals surface area contributed by atoms with E-state index in [9.17, 15) is 22.8 Å². The van der Waals surface area contributed by atoms with E-state index in [0.717, 1.165) is 17.7 Å². The molecule has 1 fully saturated rings. The molecule has 1 N–H and O–H groups in total. The summed E-state index contributed by atoms with van der Waals surface area (Å²) in [7, 11) is 2.96. The lowest BCUT2D eigenvalue weighted by Crippen LogP contribution is -2.60. The van der Waals surface area contributed by atoms with Gasteiger partial charge in [-0.25, -0.2) is 0 Å². The lowest BCUT2D eigenvalue weighted by atomic mass is 10.0. The third kappa shape index (κ3) is 5.37. The predicted molar refractivity (Wildman–Crippen MR) is 115 cm³/mol. The SMILES string of the molecule is CNC(=O)C1CN(C(=O)Cc2cccc(OC)c2)CCN1c1ccc(C#N)c(C(F)(F)F)c1. The number of anilines is 1. The molecule has 2 aromatic carbocycles. The van der Waals surface area contributed by atoms with Crippen molar-refractivity contribution in [3.05, 3.63) is 59.2 Å². The van der Waals surface area contributed by atoms with Gasteiger partial charge in [-0.15, -0.1) is 0 Å². The first-order chi connectivity index (χ1) is 15.7. The summed E-state index contributed by atoms with van der Waals surface area (Å²) in [4.78, 5) is 28.5. The fourth-order valence-corrected chi connectivity index (χ4v) is 3.82. The average molecular weight is 460 g/mol. The molecule has 0 bridgehead atoms. The number of alkyl halides is 3. The normalized spacial score (nSPS) is 16.2. The maximum absolute atomic E-state index is 13.4. The molecule has 10 heteroatoms. The molecule has 1 heterocycles. The number of nitrogens with one attached hydrogen (secondary N) is 1. The third-order valence-electron chi connectivity index (χ3n) is 5.53. The highest BCUT2D eigenvalue weighted by molar-refractivity contribution is 5.87. The number of ether oxygens (including phenoxy) is 1. The Hall–Kier alpha value is -3.74. The summed E-state index contributed by atoms with van der Waals surface area (Å²) in [5, 5.41) is 11.5. The van der Waals surface area contributed by atoms with Crippen molar-refractivity contribution >= 4 is 17.5 Å². The second-order valence-corrected chi connectivity index (χ2v) is 7.53. The summed E-state index contributed by atoms with van der Waals surface area (Å²) in [5.41, 5.74) is -0.639. The average Bonchev–Trinajstić information content (AvgIpc) is 2.82. The Kier molecular flexibility index (Phi) is 7.11. The number of carbonyl (C=O) groups is 2. The summed E-state index contributed by atoms with van der Waals surface area (Å²) in [6, 6.07) is 11.1. The molecule has 1 saturated heterocycles. The number of halogens is 3. The molecule has 1 atom stereocenters. The molecule has 174 valence electrons. The van der Waals surface area contributed by atoms with Crippen molar-refractivity contribution in [3.8, 4) is 11.8 Å². The van der Waals surface area contributed by atoms with Crippen LogP contribution in [0.25, 0.3) is 0 Å². The summed E-state index contributed by atoms with van der Waals surface area (Å²) in [6.07, 6.45) is -4.61. The van der Waals surface area contributed by atoms with Crippen molar-refractivity contribution in [2.45, 2.75) is 18.6 Å². The number of piperazine rings is 1. The Morgan fingerprint density at radius 2 is 1.97 bits per heavy atom. The summed E-state index contributed by atoms with van der Waals surface area (Å²) < 4.78 is 45.4. The van der Waals surface area contributed by atoms with Gasteiger partial charge in [-0.05, 0) is 35.9 Å². The van der Waals surface area contributed by atoms with Crippen LogP contribution in [-0.4, -0.2) is 56.5 Å². The van der Waals surface area contributed by atoms with Crippen LogP contribution in [0.15, 0.2) is 42.5 Å². The molecule has 2 aromatic rings. The molecule has 7 nitrogen and oxygen atoms in total. The zero-order chi connectivity index (χ0) is 24.2. The quantitative estimate of drug-likeness (QED) is 0.742. The van der Waals surface area contributed by atoms with E-state index in [-0.39, 0.29) is 37.6 Å². The zero-order valence-electron chi connectivity index (χ0n) is 18.1. The number of hydrogen-bond acceptors (Lipinski definition) is 5. The highest BCUT2D eigenvalue weighted by atomic mass is 19.4. The number of nitrogens with zero attached hydrogens (tertiary/aromatic N) is 3. The lowest BCUT2D eigenvalue weighted by Gasteiger charge is -2.42. The number of methoxy groups -OCH3 is 1. The minimum atomic E-state index is -4.71. The topological polar surface area (TPSA) is 85.7 Å². The first kappa shape index (κ1) is 23.9. The number of likely N-dealkylation sites (N-methyl/N-ethyl adjacent to an activating group) is 1. The fraction of sp³-hybridized carbons (Fsp3) is 0.348. The van der Waals surface area contributed by atoms with Crippen LogP contribution in [0.3, 0.4) is 0 Å². The first-order valence-corrected chi connectivity index (χ1v) is 10.2. The van der Waals surface area contributed by atoms with Crippen molar-refractivity contribution in [1.29, 1.82) is 5.26 Å². The molecule has 2 amide bonds. The van der Waals surface area contributed by atoms with Gasteiger partial charge < -0.3 is 19.9 Å². The Balaban J connectivity index is 1.83. The van der Waals surface area contributed by atoms with Gasteiger partial charge in [0, 0.05) is 25.8 Å². The fourth-order valence-electron chi connectivity index (χ4n) is 3.82. The van der Waals surface area contributed by atoms with Crippen LogP contribution < -0.4 is 15.0 Å². The van der Waals surface area contributed by atoms with E-state index in [1.165, 1.54) is 30.0 Å². The van der Waals surface area contributed by atoms with Crippen LogP contribution >= 0.6 is 0 Å². The van der Waals surface area contributed by atoms with Crippen molar-refractivity contribution in [2.24, 2.45) is 0 Å². The number of benzene rings is 2. The standard InChI is InChI=1S/C23H23F3N4O3/c1-28-22(32)20-14-29(21(31)11-15-4-3-5-18(10-15)33-2)8-9-30(20)17-7-6-16(13-27)19(12-17)23(24,25)26/h3-7,10,12,20H,8-9,11,14H2,1-2H3,(H,28,32). The minimum absolute atomic E-state index is 0.0177. The van der Waals surface area contributed by atoms with Gasteiger partial charge in [0.25, 0.3) is 0 Å². The molecule has 1 aliphatic rings. The van der Waals surface area contributed by atoms with Gasteiger partial charge in [0.05, 0.1) is 37.3 Å². The molecule has 0 radical (unpaired) electrons. The molecular weight excluding hydrogens is 437 g/mol. The molecule has 0 aromatic heterocycles. The van der Waals surface area contributed by atoms with E-state index < -0.39 is 29.3 Å². The molecule has 3 rings (SSSR count). The molecule has 0 saturated carbocycles. The van der Waals surface area contributed by atoms with Crippen molar-refractivity contribution in [3.63, 3.8) is 0 Å². The highest BCUT2D eigenvalue weighted by Crippen LogP contribution is 2.35. The van der Waals surface area contributed by atoms with E-state index in [2.05, 4.69) is 5.32 Å². The maximum Gasteiger partial charge on any atom is 0.417 e.